The molecule has 5 atom stereocenters. The maximum absolute atomic E-state index is 14.0. The van der Waals surface area contributed by atoms with Crippen molar-refractivity contribution in [1.29, 1.82) is 0 Å². The molecule has 0 aliphatic carbocycles. The summed E-state index contributed by atoms with van der Waals surface area (Å²) in [5.41, 5.74) is -3.76. The molecule has 4 aromatic carbocycles. The van der Waals surface area contributed by atoms with Crippen molar-refractivity contribution in [1.82, 2.24) is 0 Å². The van der Waals surface area contributed by atoms with Crippen molar-refractivity contribution in [2.75, 3.05) is 0 Å². The molecule has 0 spiro atoms. The van der Waals surface area contributed by atoms with Crippen molar-refractivity contribution < 1.29 is 34.9 Å². The normalized spacial score (nSPS) is 26.0. The molecule has 9 heteroatoms. The van der Waals surface area contributed by atoms with E-state index in [0.717, 1.165) is 24.3 Å². The zero-order chi connectivity index (χ0) is 30.0. The Morgan fingerprint density at radius 3 is 1.74 bits per heavy atom. The summed E-state index contributed by atoms with van der Waals surface area (Å²) in [5.74, 6) is -4.16. The highest BCUT2D eigenvalue weighted by Gasteiger charge is 2.76. The number of nitro benzene ring substituents is 1. The van der Waals surface area contributed by atoms with Crippen LogP contribution in [0.3, 0.4) is 0 Å². The van der Waals surface area contributed by atoms with E-state index in [4.69, 9.17) is 4.74 Å². The van der Waals surface area contributed by atoms with Gasteiger partial charge in [0.1, 0.15) is 11.7 Å². The number of non-ortho nitro benzene ring substituents is 1. The van der Waals surface area contributed by atoms with Crippen LogP contribution >= 0.6 is 0 Å². The summed E-state index contributed by atoms with van der Waals surface area (Å²) in [4.78, 5) is 24.6. The van der Waals surface area contributed by atoms with Crippen LogP contribution in [-0.4, -0.2) is 60.3 Å². The number of ketones is 1. The summed E-state index contributed by atoms with van der Waals surface area (Å²) in [6.45, 7) is 0. The number of benzene rings is 4. The largest absolute Gasteiger partial charge is 0.390 e. The van der Waals surface area contributed by atoms with Crippen molar-refractivity contribution in [2.24, 2.45) is 0 Å². The predicted octanol–water partition coefficient (Wildman–Crippen LogP) is 3.42. The van der Waals surface area contributed by atoms with Crippen LogP contribution in [0.4, 0.5) is 5.69 Å². The standard InChI is InChI=1S/C33H31NO8/c35-28(20-23-10-4-1-5-11-23)30-31(37,21-24-12-6-2-7-13-24)32(38,22-25-14-8-3-9-15-25)33(39,42-30)29(36)26-16-18-27(19-17-26)34(40)41/h1-19,28,30,35,37-39H,20-22H2/t28?,30-,31-,32+,33?/m1/s1. The van der Waals surface area contributed by atoms with Gasteiger partial charge in [-0.3, -0.25) is 14.9 Å². The van der Waals surface area contributed by atoms with E-state index in [1.165, 1.54) is 0 Å². The molecule has 0 radical (unpaired) electrons. The van der Waals surface area contributed by atoms with E-state index in [0.29, 0.717) is 16.7 Å². The molecule has 0 amide bonds. The number of hydrogen-bond acceptors (Lipinski definition) is 8. The number of Topliss-reactive ketones (excluding diaryl/α,β-unsaturated/α-hetero) is 1. The van der Waals surface area contributed by atoms with E-state index in [2.05, 4.69) is 0 Å². The Kier molecular flexibility index (Phi) is 8.05. The Balaban J connectivity index is 1.65. The van der Waals surface area contributed by atoms with Gasteiger partial charge in [0, 0.05) is 37.0 Å². The smallest absolute Gasteiger partial charge is 0.269 e. The second-order valence-corrected chi connectivity index (χ2v) is 10.7. The fourth-order valence-corrected chi connectivity index (χ4v) is 5.76. The van der Waals surface area contributed by atoms with Gasteiger partial charge in [0.2, 0.25) is 5.78 Å². The number of hydrogen-bond donors (Lipinski definition) is 4. The van der Waals surface area contributed by atoms with Crippen molar-refractivity contribution >= 4 is 11.5 Å². The second kappa shape index (κ2) is 11.6. The first-order valence-electron chi connectivity index (χ1n) is 13.5. The minimum absolute atomic E-state index is 0.00811. The molecule has 9 nitrogen and oxygen atoms in total. The fraction of sp³-hybridized carbons (Fsp3) is 0.242. The first kappa shape index (κ1) is 29.2. The third kappa shape index (κ3) is 5.24. The molecule has 1 fully saturated rings. The van der Waals surface area contributed by atoms with E-state index in [-0.39, 0.29) is 24.1 Å². The fourth-order valence-electron chi connectivity index (χ4n) is 5.76. The molecule has 1 saturated heterocycles. The lowest BCUT2D eigenvalue weighted by atomic mass is 9.67. The molecule has 0 saturated carbocycles. The van der Waals surface area contributed by atoms with Gasteiger partial charge in [0.15, 0.2) is 5.60 Å². The average molecular weight is 570 g/mol. The Morgan fingerprint density at radius 2 is 1.24 bits per heavy atom. The topological polar surface area (TPSA) is 150 Å². The number of aliphatic hydroxyl groups excluding tert-OH is 1. The van der Waals surface area contributed by atoms with Crippen LogP contribution in [-0.2, 0) is 24.0 Å². The number of nitrogens with zero attached hydrogens (tertiary/aromatic N) is 1. The monoisotopic (exact) mass is 569 g/mol. The molecule has 2 unspecified atom stereocenters. The zero-order valence-electron chi connectivity index (χ0n) is 22.6. The van der Waals surface area contributed by atoms with Crippen LogP contribution in [0.2, 0.25) is 0 Å². The van der Waals surface area contributed by atoms with Gasteiger partial charge in [-0.2, -0.15) is 0 Å². The van der Waals surface area contributed by atoms with E-state index in [9.17, 15) is 35.3 Å². The number of rotatable bonds is 10. The second-order valence-electron chi connectivity index (χ2n) is 10.7. The van der Waals surface area contributed by atoms with Gasteiger partial charge in [0.05, 0.1) is 11.0 Å². The molecule has 42 heavy (non-hydrogen) atoms. The van der Waals surface area contributed by atoms with Gasteiger partial charge in [-0.1, -0.05) is 91.0 Å². The molecule has 4 N–H and O–H groups in total. The zero-order valence-corrected chi connectivity index (χ0v) is 22.6. The van der Waals surface area contributed by atoms with E-state index in [1.807, 2.05) is 6.07 Å². The molecular weight excluding hydrogens is 538 g/mol. The quantitative estimate of drug-likeness (QED) is 0.129. The first-order valence-corrected chi connectivity index (χ1v) is 13.5. The predicted molar refractivity (Wildman–Crippen MR) is 154 cm³/mol. The lowest BCUT2D eigenvalue weighted by Crippen LogP contribution is -2.69. The molecule has 4 aromatic rings. The van der Waals surface area contributed by atoms with E-state index < -0.39 is 46.3 Å². The van der Waals surface area contributed by atoms with Gasteiger partial charge in [-0.25, -0.2) is 0 Å². The molecule has 0 bridgehead atoms. The van der Waals surface area contributed by atoms with Crippen LogP contribution in [0.1, 0.15) is 27.0 Å². The van der Waals surface area contributed by atoms with E-state index in [1.54, 1.807) is 84.9 Å². The Hall–Kier alpha value is -4.25. The summed E-state index contributed by atoms with van der Waals surface area (Å²) < 4.78 is 5.97. The number of ether oxygens (including phenoxy) is 1. The van der Waals surface area contributed by atoms with Crippen LogP contribution in [0, 0.1) is 10.1 Å². The highest BCUT2D eigenvalue weighted by molar-refractivity contribution is 6.03. The summed E-state index contributed by atoms with van der Waals surface area (Å²) in [6.07, 6.45) is -3.78. The third-order valence-electron chi connectivity index (χ3n) is 7.95. The molecule has 1 aliphatic heterocycles. The molecule has 0 aromatic heterocycles. The molecule has 1 aliphatic rings. The summed E-state index contributed by atoms with van der Waals surface area (Å²) >= 11 is 0. The van der Waals surface area contributed by atoms with Gasteiger partial charge >= 0.3 is 0 Å². The minimum Gasteiger partial charge on any atom is -0.390 e. The number of nitro groups is 1. The Morgan fingerprint density at radius 1 is 0.762 bits per heavy atom. The van der Waals surface area contributed by atoms with Crippen LogP contribution in [0.25, 0.3) is 0 Å². The minimum atomic E-state index is -3.05. The maximum atomic E-state index is 14.0. The number of carbonyl (C=O) groups is 1. The molecule has 5 rings (SSSR count). The van der Waals surface area contributed by atoms with Crippen molar-refractivity contribution in [3.05, 3.63) is 148 Å². The lowest BCUT2D eigenvalue weighted by Gasteiger charge is -2.44. The summed E-state index contributed by atoms with van der Waals surface area (Å²) in [6, 6.07) is 30.7. The maximum Gasteiger partial charge on any atom is 0.269 e. The van der Waals surface area contributed by atoms with Crippen molar-refractivity contribution in [3.8, 4) is 0 Å². The third-order valence-corrected chi connectivity index (χ3v) is 7.95. The van der Waals surface area contributed by atoms with Gasteiger partial charge in [-0.15, -0.1) is 0 Å². The van der Waals surface area contributed by atoms with Gasteiger partial charge < -0.3 is 25.2 Å². The van der Waals surface area contributed by atoms with Crippen LogP contribution in [0.5, 0.6) is 0 Å². The summed E-state index contributed by atoms with van der Waals surface area (Å²) in [5, 5.41) is 59.9. The number of carbonyl (C=O) groups excluding carboxylic acids is 1. The molecule has 1 heterocycles. The van der Waals surface area contributed by atoms with Crippen molar-refractivity contribution in [2.45, 2.75) is 48.5 Å². The summed E-state index contributed by atoms with van der Waals surface area (Å²) in [7, 11) is 0. The number of aliphatic hydroxyl groups is 4. The van der Waals surface area contributed by atoms with Gasteiger partial charge in [-0.05, 0) is 28.8 Å². The Labute approximate surface area is 242 Å². The first-order chi connectivity index (χ1) is 20.1. The molecular formula is C33H31NO8. The average Bonchev–Trinajstić information content (AvgIpc) is 3.17. The van der Waals surface area contributed by atoms with Crippen molar-refractivity contribution in [3.63, 3.8) is 0 Å². The van der Waals surface area contributed by atoms with Crippen LogP contribution in [0.15, 0.2) is 115 Å². The van der Waals surface area contributed by atoms with E-state index >= 15 is 0 Å². The van der Waals surface area contributed by atoms with Gasteiger partial charge in [0.25, 0.3) is 11.5 Å². The SMILES string of the molecule is O=C(c1ccc([N+](=O)[O-])cc1)C1(O)O[C@H](C(O)Cc2ccccc2)[C@](O)(Cc2ccccc2)[C@@]1(O)Cc1ccccc1. The lowest BCUT2D eigenvalue weighted by molar-refractivity contribution is -0.384. The highest BCUT2D eigenvalue weighted by atomic mass is 16.7. The Bertz CT molecular complexity index is 1530. The highest BCUT2D eigenvalue weighted by Crippen LogP contribution is 2.51. The molecule has 216 valence electrons. The van der Waals surface area contributed by atoms with Crippen LogP contribution < -0.4 is 0 Å².